The van der Waals surface area contributed by atoms with E-state index in [0.29, 0.717) is 11.7 Å². The summed E-state index contributed by atoms with van der Waals surface area (Å²) in [6, 6.07) is 8.16. The average molecular weight is 302 g/mol. The van der Waals surface area contributed by atoms with Crippen LogP contribution in [-0.2, 0) is 4.79 Å². The van der Waals surface area contributed by atoms with E-state index >= 15 is 0 Å². The number of rotatable bonds is 8. The van der Waals surface area contributed by atoms with Gasteiger partial charge in [-0.15, -0.1) is 0 Å². The second-order valence-electron chi connectivity index (χ2n) is 6.58. The highest BCUT2D eigenvalue weighted by Gasteiger charge is 2.29. The zero-order chi connectivity index (χ0) is 15.8. The van der Waals surface area contributed by atoms with E-state index in [1.54, 1.807) is 0 Å². The van der Waals surface area contributed by atoms with Crippen LogP contribution in [0.2, 0.25) is 0 Å². The van der Waals surface area contributed by atoms with E-state index in [1.165, 1.54) is 37.7 Å². The molecule has 0 heterocycles. The summed E-state index contributed by atoms with van der Waals surface area (Å²) < 4.78 is 5.61. The van der Waals surface area contributed by atoms with Gasteiger partial charge in [-0.2, -0.15) is 0 Å². The lowest BCUT2D eigenvalue weighted by atomic mass is 9.76. The largest absolute Gasteiger partial charge is 0.494 e. The monoisotopic (exact) mass is 302 g/mol. The first-order valence-corrected chi connectivity index (χ1v) is 9.00. The highest BCUT2D eigenvalue weighted by Crippen LogP contribution is 2.35. The Labute approximate surface area is 135 Å². The maximum Gasteiger partial charge on any atom is 0.140 e. The van der Waals surface area contributed by atoms with Crippen LogP contribution in [0.25, 0.3) is 0 Å². The maximum absolute atomic E-state index is 12.5. The molecule has 0 radical (unpaired) electrons. The minimum absolute atomic E-state index is 0.114. The van der Waals surface area contributed by atoms with E-state index in [4.69, 9.17) is 4.74 Å². The van der Waals surface area contributed by atoms with Crippen LogP contribution in [0.15, 0.2) is 24.3 Å². The molecule has 2 unspecified atom stereocenters. The molecule has 2 heteroatoms. The Kier molecular flexibility index (Phi) is 6.95. The molecule has 0 bridgehead atoms. The van der Waals surface area contributed by atoms with Crippen LogP contribution >= 0.6 is 0 Å². The molecular weight excluding hydrogens is 272 g/mol. The average Bonchev–Trinajstić information content (AvgIpc) is 2.54. The minimum atomic E-state index is 0.114. The Morgan fingerprint density at radius 3 is 2.45 bits per heavy atom. The van der Waals surface area contributed by atoms with E-state index in [9.17, 15) is 4.79 Å². The van der Waals surface area contributed by atoms with Crippen molar-refractivity contribution >= 4 is 5.78 Å². The van der Waals surface area contributed by atoms with Gasteiger partial charge >= 0.3 is 0 Å². The molecule has 0 saturated heterocycles. The van der Waals surface area contributed by atoms with Crippen molar-refractivity contribution in [1.29, 1.82) is 0 Å². The third kappa shape index (κ3) is 4.86. The second-order valence-corrected chi connectivity index (χ2v) is 6.58. The summed E-state index contributed by atoms with van der Waals surface area (Å²) in [6.07, 6.45) is 9.09. The molecule has 0 spiro atoms. The Bertz CT molecular complexity index is 449. The van der Waals surface area contributed by atoms with Gasteiger partial charge in [0.15, 0.2) is 0 Å². The van der Waals surface area contributed by atoms with Crippen molar-refractivity contribution in [2.45, 2.75) is 71.1 Å². The van der Waals surface area contributed by atoms with Gasteiger partial charge in [0.05, 0.1) is 6.61 Å². The molecule has 0 aliphatic heterocycles. The van der Waals surface area contributed by atoms with Gasteiger partial charge in [-0.3, -0.25) is 4.79 Å². The third-order valence-corrected chi connectivity index (χ3v) is 4.71. The van der Waals surface area contributed by atoms with Gasteiger partial charge in [0.25, 0.3) is 0 Å². The van der Waals surface area contributed by atoms with Gasteiger partial charge in [0.2, 0.25) is 0 Å². The van der Waals surface area contributed by atoms with Crippen molar-refractivity contribution in [2.24, 2.45) is 5.92 Å². The Morgan fingerprint density at radius 1 is 1.05 bits per heavy atom. The summed E-state index contributed by atoms with van der Waals surface area (Å²) in [5.41, 5.74) is 1.17. The van der Waals surface area contributed by atoms with Crippen LogP contribution in [0, 0.1) is 5.92 Å². The molecule has 0 amide bonds. The summed E-state index contributed by atoms with van der Waals surface area (Å²) in [5.74, 6) is 2.09. The standard InChI is InChI=1S/C20H30O2/c1-3-5-6-7-16-8-13-19(20(21)15-16)17-9-11-18(12-10-17)22-14-4-2/h9-12,16,19H,3-8,13-15H2,1-2H3. The summed E-state index contributed by atoms with van der Waals surface area (Å²) in [5, 5.41) is 0. The molecule has 1 aromatic carbocycles. The van der Waals surface area contributed by atoms with Crippen molar-refractivity contribution in [3.05, 3.63) is 29.8 Å². The van der Waals surface area contributed by atoms with Crippen LogP contribution in [0.3, 0.4) is 0 Å². The van der Waals surface area contributed by atoms with Gasteiger partial charge in [-0.25, -0.2) is 0 Å². The first kappa shape index (κ1) is 17.1. The van der Waals surface area contributed by atoms with Crippen molar-refractivity contribution in [2.75, 3.05) is 6.61 Å². The van der Waals surface area contributed by atoms with Gasteiger partial charge in [0, 0.05) is 12.3 Å². The van der Waals surface area contributed by atoms with E-state index < -0.39 is 0 Å². The number of hydrogen-bond donors (Lipinski definition) is 0. The summed E-state index contributed by atoms with van der Waals surface area (Å²) in [6.45, 7) is 5.09. The SMILES string of the molecule is CCCCCC1CCC(c2ccc(OCCC)cc2)C(=O)C1. The van der Waals surface area contributed by atoms with Gasteiger partial charge in [0.1, 0.15) is 11.5 Å². The van der Waals surface area contributed by atoms with Gasteiger partial charge < -0.3 is 4.74 Å². The molecule has 1 aliphatic rings. The topological polar surface area (TPSA) is 26.3 Å². The molecule has 0 N–H and O–H groups in total. The number of Topliss-reactive ketones (excluding diaryl/α,β-unsaturated/α-hetero) is 1. The van der Waals surface area contributed by atoms with E-state index in [-0.39, 0.29) is 5.92 Å². The molecule has 2 rings (SSSR count). The van der Waals surface area contributed by atoms with E-state index in [2.05, 4.69) is 26.0 Å². The van der Waals surface area contributed by atoms with Crippen LogP contribution in [0.1, 0.15) is 76.7 Å². The zero-order valence-electron chi connectivity index (χ0n) is 14.1. The molecule has 22 heavy (non-hydrogen) atoms. The van der Waals surface area contributed by atoms with Crippen molar-refractivity contribution in [3.8, 4) is 5.75 Å². The highest BCUT2D eigenvalue weighted by molar-refractivity contribution is 5.86. The molecule has 2 atom stereocenters. The normalized spacial score (nSPS) is 21.8. The molecule has 1 fully saturated rings. The fourth-order valence-electron chi connectivity index (χ4n) is 3.39. The van der Waals surface area contributed by atoms with Crippen LogP contribution in [0.5, 0.6) is 5.75 Å². The summed E-state index contributed by atoms with van der Waals surface area (Å²) in [4.78, 5) is 12.5. The fourth-order valence-corrected chi connectivity index (χ4v) is 3.39. The molecule has 1 saturated carbocycles. The smallest absolute Gasteiger partial charge is 0.140 e. The summed E-state index contributed by atoms with van der Waals surface area (Å²) in [7, 11) is 0. The van der Waals surface area contributed by atoms with Crippen molar-refractivity contribution < 1.29 is 9.53 Å². The van der Waals surface area contributed by atoms with Crippen molar-refractivity contribution in [1.82, 2.24) is 0 Å². The van der Waals surface area contributed by atoms with E-state index in [0.717, 1.165) is 31.6 Å². The van der Waals surface area contributed by atoms with E-state index in [1.807, 2.05) is 12.1 Å². The quantitative estimate of drug-likeness (QED) is 0.592. The lowest BCUT2D eigenvalue weighted by Crippen LogP contribution is -2.23. The Balaban J connectivity index is 1.87. The zero-order valence-corrected chi connectivity index (χ0v) is 14.1. The molecule has 0 aromatic heterocycles. The molecular formula is C20H30O2. The lowest BCUT2D eigenvalue weighted by molar-refractivity contribution is -0.123. The maximum atomic E-state index is 12.5. The van der Waals surface area contributed by atoms with Gasteiger partial charge in [-0.1, -0.05) is 51.7 Å². The second kappa shape index (κ2) is 8.97. The molecule has 122 valence electrons. The number of carbonyl (C=O) groups excluding carboxylic acids is 1. The number of ether oxygens (including phenoxy) is 1. The first-order chi connectivity index (χ1) is 10.7. The predicted octanol–water partition coefficient (Wildman–Crippen LogP) is 5.51. The molecule has 1 aliphatic carbocycles. The molecule has 1 aromatic rings. The van der Waals surface area contributed by atoms with Crippen LogP contribution in [-0.4, -0.2) is 12.4 Å². The number of ketones is 1. The van der Waals surface area contributed by atoms with Crippen LogP contribution in [0.4, 0.5) is 0 Å². The first-order valence-electron chi connectivity index (χ1n) is 9.00. The number of benzene rings is 1. The Hall–Kier alpha value is -1.31. The predicted molar refractivity (Wildman–Crippen MR) is 91.5 cm³/mol. The van der Waals surface area contributed by atoms with Gasteiger partial charge in [-0.05, 0) is 42.9 Å². The third-order valence-electron chi connectivity index (χ3n) is 4.71. The number of unbranched alkanes of at least 4 members (excludes halogenated alkanes) is 2. The Morgan fingerprint density at radius 2 is 1.82 bits per heavy atom. The number of hydrogen-bond acceptors (Lipinski definition) is 2. The highest BCUT2D eigenvalue weighted by atomic mass is 16.5. The summed E-state index contributed by atoms with van der Waals surface area (Å²) >= 11 is 0. The van der Waals surface area contributed by atoms with Crippen molar-refractivity contribution in [3.63, 3.8) is 0 Å². The lowest BCUT2D eigenvalue weighted by Gasteiger charge is -2.27. The number of carbonyl (C=O) groups is 1. The molecule has 2 nitrogen and oxygen atoms in total. The fraction of sp³-hybridized carbons (Fsp3) is 0.650. The van der Waals surface area contributed by atoms with Crippen LogP contribution < -0.4 is 4.74 Å². The minimum Gasteiger partial charge on any atom is -0.494 e.